The Morgan fingerprint density at radius 1 is 1.03 bits per heavy atom. The fraction of sp³-hybridized carbons (Fsp3) is 0.625. The van der Waals surface area contributed by atoms with Crippen molar-refractivity contribution in [2.24, 2.45) is 4.99 Å². The standard InChI is InChI=1S/C24H38N6O2/c1-20(23(32)29-13-7-8-14-29)28-15-17-30(18-16-28)24(25-2)26-12-11-22(31)27(3)19-21-9-5-4-6-10-21/h4-6,9-10,20H,7-8,11-19H2,1-3H3,(H,25,26). The van der Waals surface area contributed by atoms with Crippen molar-refractivity contribution in [1.82, 2.24) is 24.9 Å². The maximum atomic E-state index is 12.7. The van der Waals surface area contributed by atoms with Gasteiger partial charge in [-0.15, -0.1) is 0 Å². The number of nitrogens with one attached hydrogen (secondary N) is 1. The first-order chi connectivity index (χ1) is 15.5. The minimum absolute atomic E-state index is 0.0667. The monoisotopic (exact) mass is 442 g/mol. The third-order valence-corrected chi connectivity index (χ3v) is 6.46. The van der Waals surface area contributed by atoms with Crippen molar-refractivity contribution in [2.45, 2.75) is 38.8 Å². The average Bonchev–Trinajstić information content (AvgIpc) is 3.36. The third kappa shape index (κ3) is 6.45. The fourth-order valence-corrected chi connectivity index (χ4v) is 4.43. The molecule has 3 rings (SSSR count). The van der Waals surface area contributed by atoms with Crippen molar-refractivity contribution in [2.75, 3.05) is 59.9 Å². The first-order valence-corrected chi connectivity index (χ1v) is 11.8. The molecule has 0 aromatic heterocycles. The Morgan fingerprint density at radius 3 is 2.31 bits per heavy atom. The summed E-state index contributed by atoms with van der Waals surface area (Å²) in [6.45, 7) is 8.30. The highest BCUT2D eigenvalue weighted by Gasteiger charge is 2.30. The zero-order valence-electron chi connectivity index (χ0n) is 19.8. The molecule has 2 aliphatic rings. The second-order valence-corrected chi connectivity index (χ2v) is 8.69. The molecule has 2 fully saturated rings. The molecule has 2 amide bonds. The van der Waals surface area contributed by atoms with E-state index in [1.807, 2.05) is 49.2 Å². The highest BCUT2D eigenvalue weighted by atomic mass is 16.2. The summed E-state index contributed by atoms with van der Waals surface area (Å²) < 4.78 is 0. The van der Waals surface area contributed by atoms with E-state index in [0.29, 0.717) is 19.5 Å². The third-order valence-electron chi connectivity index (χ3n) is 6.46. The van der Waals surface area contributed by atoms with Gasteiger partial charge in [-0.2, -0.15) is 0 Å². The van der Waals surface area contributed by atoms with Gasteiger partial charge < -0.3 is 20.0 Å². The SMILES string of the molecule is CN=C(NCCC(=O)N(C)Cc1ccccc1)N1CCN(C(C)C(=O)N2CCCC2)CC1. The highest BCUT2D eigenvalue weighted by Crippen LogP contribution is 2.14. The summed E-state index contributed by atoms with van der Waals surface area (Å²) in [6, 6.07) is 9.95. The van der Waals surface area contributed by atoms with E-state index in [1.54, 1.807) is 11.9 Å². The molecule has 2 heterocycles. The summed E-state index contributed by atoms with van der Waals surface area (Å²) in [6.07, 6.45) is 2.67. The van der Waals surface area contributed by atoms with Crippen LogP contribution in [0.4, 0.5) is 0 Å². The molecular weight excluding hydrogens is 404 g/mol. The molecule has 0 saturated carbocycles. The van der Waals surface area contributed by atoms with Gasteiger partial charge in [0.05, 0.1) is 6.04 Å². The van der Waals surface area contributed by atoms with Crippen LogP contribution in [0.1, 0.15) is 31.7 Å². The van der Waals surface area contributed by atoms with Crippen molar-refractivity contribution in [1.29, 1.82) is 0 Å². The van der Waals surface area contributed by atoms with Gasteiger partial charge >= 0.3 is 0 Å². The molecule has 0 spiro atoms. The van der Waals surface area contributed by atoms with Crippen molar-refractivity contribution in [3.05, 3.63) is 35.9 Å². The van der Waals surface area contributed by atoms with Gasteiger partial charge in [0.25, 0.3) is 0 Å². The normalized spacial score (nSPS) is 18.5. The number of piperazine rings is 1. The predicted octanol–water partition coefficient (Wildman–Crippen LogP) is 1.24. The lowest BCUT2D eigenvalue weighted by atomic mass is 10.2. The number of amides is 2. The molecule has 176 valence electrons. The molecule has 1 unspecified atom stereocenters. The maximum absolute atomic E-state index is 12.7. The first kappa shape index (κ1) is 24.0. The Kier molecular flexibility index (Phi) is 8.90. The van der Waals surface area contributed by atoms with Crippen LogP contribution in [0, 0.1) is 0 Å². The zero-order chi connectivity index (χ0) is 22.9. The van der Waals surface area contributed by atoms with Crippen molar-refractivity contribution in [3.8, 4) is 0 Å². The number of nitrogens with zero attached hydrogens (tertiary/aromatic N) is 5. The second kappa shape index (κ2) is 11.9. The van der Waals surface area contributed by atoms with Gasteiger partial charge in [-0.1, -0.05) is 30.3 Å². The van der Waals surface area contributed by atoms with Gasteiger partial charge in [-0.25, -0.2) is 0 Å². The largest absolute Gasteiger partial charge is 0.356 e. The molecule has 0 bridgehead atoms. The Bertz CT molecular complexity index is 770. The lowest BCUT2D eigenvalue weighted by molar-refractivity contribution is -0.135. The number of rotatable bonds is 7. The maximum Gasteiger partial charge on any atom is 0.239 e. The van der Waals surface area contributed by atoms with Crippen molar-refractivity contribution < 1.29 is 9.59 Å². The summed E-state index contributed by atoms with van der Waals surface area (Å²) in [5.74, 6) is 1.19. The zero-order valence-corrected chi connectivity index (χ0v) is 19.8. The summed E-state index contributed by atoms with van der Waals surface area (Å²) in [4.78, 5) is 37.8. The quantitative estimate of drug-likeness (QED) is 0.508. The fourth-order valence-electron chi connectivity index (χ4n) is 4.43. The van der Waals surface area contributed by atoms with Crippen LogP contribution in [0.15, 0.2) is 35.3 Å². The highest BCUT2D eigenvalue weighted by molar-refractivity contribution is 5.82. The average molecular weight is 443 g/mol. The molecule has 1 aromatic rings. The molecule has 1 atom stereocenters. The molecule has 2 saturated heterocycles. The van der Waals surface area contributed by atoms with Gasteiger partial charge in [-0.3, -0.25) is 19.5 Å². The van der Waals surface area contributed by atoms with Crippen molar-refractivity contribution in [3.63, 3.8) is 0 Å². The molecule has 1 aromatic carbocycles. The van der Waals surface area contributed by atoms with E-state index in [2.05, 4.69) is 20.1 Å². The topological polar surface area (TPSA) is 71.5 Å². The summed E-state index contributed by atoms with van der Waals surface area (Å²) in [5.41, 5.74) is 1.13. The number of guanidine groups is 1. The lowest BCUT2D eigenvalue weighted by Crippen LogP contribution is -2.57. The summed E-state index contributed by atoms with van der Waals surface area (Å²) in [7, 11) is 3.62. The molecule has 2 aliphatic heterocycles. The first-order valence-electron chi connectivity index (χ1n) is 11.8. The van der Waals surface area contributed by atoms with E-state index >= 15 is 0 Å². The molecule has 32 heavy (non-hydrogen) atoms. The number of hydrogen-bond donors (Lipinski definition) is 1. The van der Waals surface area contributed by atoms with Gasteiger partial charge in [0.1, 0.15) is 0 Å². The number of hydrogen-bond acceptors (Lipinski definition) is 4. The Hall–Kier alpha value is -2.61. The smallest absolute Gasteiger partial charge is 0.239 e. The number of aliphatic imine (C=N–C) groups is 1. The van der Waals surface area contributed by atoms with Gasteiger partial charge in [0.15, 0.2) is 5.96 Å². The predicted molar refractivity (Wildman–Crippen MR) is 127 cm³/mol. The molecule has 0 radical (unpaired) electrons. The van der Waals surface area contributed by atoms with Crippen LogP contribution < -0.4 is 5.32 Å². The Morgan fingerprint density at radius 2 is 1.69 bits per heavy atom. The molecular formula is C24H38N6O2. The number of likely N-dealkylation sites (tertiary alicyclic amines) is 1. The minimum Gasteiger partial charge on any atom is -0.356 e. The van der Waals surface area contributed by atoms with Crippen molar-refractivity contribution >= 4 is 17.8 Å². The Labute approximate surface area is 192 Å². The van der Waals surface area contributed by atoms with E-state index in [9.17, 15) is 9.59 Å². The van der Waals surface area contributed by atoms with E-state index in [-0.39, 0.29) is 17.9 Å². The van der Waals surface area contributed by atoms with E-state index in [4.69, 9.17) is 0 Å². The number of carbonyl (C=O) groups excluding carboxylic acids is 2. The van der Waals surface area contributed by atoms with Crippen LogP contribution >= 0.6 is 0 Å². The van der Waals surface area contributed by atoms with Crippen LogP contribution in [-0.4, -0.2) is 103 Å². The van der Waals surface area contributed by atoms with E-state index < -0.39 is 0 Å². The van der Waals surface area contributed by atoms with Gasteiger partial charge in [-0.05, 0) is 25.3 Å². The van der Waals surface area contributed by atoms with Gasteiger partial charge in [0, 0.05) is 72.9 Å². The Balaban J connectivity index is 1.39. The second-order valence-electron chi connectivity index (χ2n) is 8.69. The van der Waals surface area contributed by atoms with Crippen LogP contribution in [-0.2, 0) is 16.1 Å². The van der Waals surface area contributed by atoms with Crippen LogP contribution in [0.25, 0.3) is 0 Å². The van der Waals surface area contributed by atoms with E-state index in [0.717, 1.165) is 63.6 Å². The van der Waals surface area contributed by atoms with Crippen LogP contribution in [0.3, 0.4) is 0 Å². The number of carbonyl (C=O) groups is 2. The van der Waals surface area contributed by atoms with Crippen LogP contribution in [0.2, 0.25) is 0 Å². The minimum atomic E-state index is -0.0667. The molecule has 8 nitrogen and oxygen atoms in total. The lowest BCUT2D eigenvalue weighted by Gasteiger charge is -2.39. The van der Waals surface area contributed by atoms with Gasteiger partial charge in [0.2, 0.25) is 11.8 Å². The number of benzene rings is 1. The summed E-state index contributed by atoms with van der Waals surface area (Å²) in [5, 5.41) is 3.34. The van der Waals surface area contributed by atoms with Crippen LogP contribution in [0.5, 0.6) is 0 Å². The molecule has 0 aliphatic carbocycles. The molecule has 8 heteroatoms. The summed E-state index contributed by atoms with van der Waals surface area (Å²) >= 11 is 0. The molecule has 1 N–H and O–H groups in total. The van der Waals surface area contributed by atoms with E-state index in [1.165, 1.54) is 0 Å².